The second kappa shape index (κ2) is 7.42. The lowest BCUT2D eigenvalue weighted by Crippen LogP contribution is -2.58. The van der Waals surface area contributed by atoms with Crippen molar-refractivity contribution in [3.05, 3.63) is 64.2 Å². The molecule has 2 amide bonds. The normalized spacial score (nSPS) is 17.3. The number of anilines is 1. The van der Waals surface area contributed by atoms with Gasteiger partial charge in [-0.1, -0.05) is 24.3 Å². The van der Waals surface area contributed by atoms with E-state index in [1.165, 1.54) is 17.2 Å². The van der Waals surface area contributed by atoms with Crippen LogP contribution in [0.2, 0.25) is 0 Å². The predicted octanol–water partition coefficient (Wildman–Crippen LogP) is 2.67. The molecule has 8 nitrogen and oxygen atoms in total. The van der Waals surface area contributed by atoms with E-state index in [9.17, 15) is 19.7 Å². The van der Waals surface area contributed by atoms with Crippen LogP contribution < -0.4 is 10.2 Å². The number of hydrogen-bond donors (Lipinski definition) is 1. The SMILES string of the molecule is Cc1ccc(N=C[C@H]2C(=O)NC(=S)N(c3ccccc3)C2=O)cc1[N+](=O)[O-]. The van der Waals surface area contributed by atoms with Crippen molar-refractivity contribution in [3.8, 4) is 0 Å². The zero-order chi connectivity index (χ0) is 19.6. The quantitative estimate of drug-likeness (QED) is 0.288. The molecule has 0 aliphatic carbocycles. The van der Waals surface area contributed by atoms with Gasteiger partial charge in [0.15, 0.2) is 11.0 Å². The first-order valence-electron chi connectivity index (χ1n) is 7.91. The third-order valence-electron chi connectivity index (χ3n) is 3.98. The average Bonchev–Trinajstić information content (AvgIpc) is 2.63. The first kappa shape index (κ1) is 18.3. The largest absolute Gasteiger partial charge is 0.301 e. The summed E-state index contributed by atoms with van der Waals surface area (Å²) in [5.74, 6) is -2.33. The van der Waals surface area contributed by atoms with Gasteiger partial charge in [-0.05, 0) is 37.3 Å². The number of nitro groups is 1. The lowest BCUT2D eigenvalue weighted by atomic mass is 10.1. The van der Waals surface area contributed by atoms with Crippen molar-refractivity contribution < 1.29 is 14.5 Å². The molecule has 0 bridgehead atoms. The number of aryl methyl sites for hydroxylation is 1. The maximum absolute atomic E-state index is 12.8. The van der Waals surface area contributed by atoms with Crippen LogP contribution in [0.4, 0.5) is 17.1 Å². The number of amides is 2. The summed E-state index contributed by atoms with van der Waals surface area (Å²) < 4.78 is 0. The second-order valence-corrected chi connectivity index (χ2v) is 6.17. The highest BCUT2D eigenvalue weighted by Crippen LogP contribution is 2.25. The van der Waals surface area contributed by atoms with Crippen LogP contribution in [0.3, 0.4) is 0 Å². The Morgan fingerprint density at radius 2 is 1.93 bits per heavy atom. The number of para-hydroxylation sites is 1. The van der Waals surface area contributed by atoms with Crippen LogP contribution in [0, 0.1) is 23.0 Å². The minimum Gasteiger partial charge on any atom is -0.301 e. The highest BCUT2D eigenvalue weighted by Gasteiger charge is 2.38. The number of hydrogen-bond acceptors (Lipinski definition) is 6. The summed E-state index contributed by atoms with van der Waals surface area (Å²) in [6, 6.07) is 13.1. The fourth-order valence-electron chi connectivity index (χ4n) is 2.58. The molecule has 1 fully saturated rings. The van der Waals surface area contributed by atoms with Gasteiger partial charge in [-0.2, -0.15) is 0 Å². The monoisotopic (exact) mass is 382 g/mol. The van der Waals surface area contributed by atoms with E-state index in [0.717, 1.165) is 0 Å². The molecular weight excluding hydrogens is 368 g/mol. The topological polar surface area (TPSA) is 105 Å². The van der Waals surface area contributed by atoms with E-state index in [0.29, 0.717) is 11.3 Å². The maximum atomic E-state index is 12.8. The van der Waals surface area contributed by atoms with Crippen molar-refractivity contribution >= 4 is 52.4 Å². The van der Waals surface area contributed by atoms with Gasteiger partial charge in [0.25, 0.3) is 11.6 Å². The molecule has 27 heavy (non-hydrogen) atoms. The van der Waals surface area contributed by atoms with Gasteiger partial charge in [-0.3, -0.25) is 29.6 Å². The van der Waals surface area contributed by atoms with Crippen LogP contribution in [0.15, 0.2) is 53.5 Å². The Kier molecular flexibility index (Phi) is 5.04. The summed E-state index contributed by atoms with van der Waals surface area (Å²) in [4.78, 5) is 40.8. The van der Waals surface area contributed by atoms with Gasteiger partial charge in [0.2, 0.25) is 5.91 Å². The van der Waals surface area contributed by atoms with E-state index < -0.39 is 22.7 Å². The molecule has 136 valence electrons. The molecule has 2 aromatic rings. The highest BCUT2D eigenvalue weighted by molar-refractivity contribution is 7.80. The molecule has 1 saturated heterocycles. The highest BCUT2D eigenvalue weighted by atomic mass is 32.1. The third kappa shape index (κ3) is 3.72. The number of nitrogens with zero attached hydrogens (tertiary/aromatic N) is 3. The van der Waals surface area contributed by atoms with Gasteiger partial charge in [0, 0.05) is 17.8 Å². The molecule has 1 aliphatic rings. The molecule has 0 spiro atoms. The molecule has 2 aromatic carbocycles. The first-order chi connectivity index (χ1) is 12.9. The van der Waals surface area contributed by atoms with Crippen molar-refractivity contribution in [2.24, 2.45) is 10.9 Å². The van der Waals surface area contributed by atoms with E-state index in [4.69, 9.17) is 12.2 Å². The van der Waals surface area contributed by atoms with Gasteiger partial charge in [-0.25, -0.2) is 0 Å². The standard InChI is InChI=1S/C18H14N4O4S/c1-11-7-8-12(9-15(11)22(25)26)19-10-14-16(23)20-18(27)21(17(14)24)13-5-3-2-4-6-13/h2-10,14H,1H3,(H,20,23,27)/t14-/m0/s1. The molecule has 0 radical (unpaired) electrons. The molecule has 1 heterocycles. The molecule has 0 saturated carbocycles. The molecule has 0 unspecified atom stereocenters. The molecule has 3 rings (SSSR count). The van der Waals surface area contributed by atoms with Crippen LogP contribution in [0.1, 0.15) is 5.56 Å². The van der Waals surface area contributed by atoms with Gasteiger partial charge in [0.05, 0.1) is 16.3 Å². The molecule has 0 aromatic heterocycles. The number of carbonyl (C=O) groups is 2. The fraction of sp³-hybridized carbons (Fsp3) is 0.111. The molecule has 1 N–H and O–H groups in total. The summed E-state index contributed by atoms with van der Waals surface area (Å²) in [5, 5.41) is 13.5. The number of carbonyl (C=O) groups excluding carboxylic acids is 2. The zero-order valence-corrected chi connectivity index (χ0v) is 15.0. The predicted molar refractivity (Wildman–Crippen MR) is 104 cm³/mol. The number of benzene rings is 2. The lowest BCUT2D eigenvalue weighted by molar-refractivity contribution is -0.385. The molecule has 1 atom stereocenters. The van der Waals surface area contributed by atoms with E-state index in [-0.39, 0.29) is 16.5 Å². The Morgan fingerprint density at radius 1 is 1.22 bits per heavy atom. The van der Waals surface area contributed by atoms with Crippen LogP contribution in [-0.2, 0) is 9.59 Å². The number of rotatable bonds is 4. The Bertz CT molecular complexity index is 975. The lowest BCUT2D eigenvalue weighted by Gasteiger charge is -2.30. The van der Waals surface area contributed by atoms with Crippen LogP contribution in [0.5, 0.6) is 0 Å². The summed E-state index contributed by atoms with van der Waals surface area (Å²) in [6.45, 7) is 1.61. The van der Waals surface area contributed by atoms with E-state index in [1.807, 2.05) is 0 Å². The molecular formula is C18H14N4O4S. The van der Waals surface area contributed by atoms with Crippen LogP contribution >= 0.6 is 12.2 Å². The number of thiocarbonyl (C=S) groups is 1. The smallest absolute Gasteiger partial charge is 0.274 e. The van der Waals surface area contributed by atoms with Crippen molar-refractivity contribution in [1.29, 1.82) is 0 Å². The summed E-state index contributed by atoms with van der Waals surface area (Å²) in [5.41, 5.74) is 1.20. The van der Waals surface area contributed by atoms with E-state index in [2.05, 4.69) is 10.3 Å². The summed E-state index contributed by atoms with van der Waals surface area (Å²) >= 11 is 5.11. The number of aliphatic imine (C=N–C) groups is 1. The van der Waals surface area contributed by atoms with Crippen molar-refractivity contribution in [2.75, 3.05) is 4.90 Å². The van der Waals surface area contributed by atoms with Crippen LogP contribution in [0.25, 0.3) is 0 Å². The Hall–Kier alpha value is -3.46. The Balaban J connectivity index is 1.89. The van der Waals surface area contributed by atoms with Gasteiger partial charge >= 0.3 is 0 Å². The number of nitro benzene ring substituents is 1. The van der Waals surface area contributed by atoms with Gasteiger partial charge in [0.1, 0.15) is 0 Å². The summed E-state index contributed by atoms with van der Waals surface area (Å²) in [6.07, 6.45) is 1.17. The average molecular weight is 382 g/mol. The molecule has 9 heteroatoms. The van der Waals surface area contributed by atoms with Crippen molar-refractivity contribution in [1.82, 2.24) is 5.32 Å². The van der Waals surface area contributed by atoms with Crippen LogP contribution in [-0.4, -0.2) is 28.1 Å². The first-order valence-corrected chi connectivity index (χ1v) is 8.32. The van der Waals surface area contributed by atoms with E-state index in [1.54, 1.807) is 49.4 Å². The summed E-state index contributed by atoms with van der Waals surface area (Å²) in [7, 11) is 0. The second-order valence-electron chi connectivity index (χ2n) is 5.79. The zero-order valence-electron chi connectivity index (χ0n) is 14.2. The van der Waals surface area contributed by atoms with E-state index >= 15 is 0 Å². The van der Waals surface area contributed by atoms with Gasteiger partial charge < -0.3 is 5.32 Å². The maximum Gasteiger partial charge on any atom is 0.274 e. The van der Waals surface area contributed by atoms with Crippen molar-refractivity contribution in [3.63, 3.8) is 0 Å². The minimum absolute atomic E-state index is 0.00757. The number of nitrogens with one attached hydrogen (secondary N) is 1. The fourth-order valence-corrected chi connectivity index (χ4v) is 2.87. The molecule has 1 aliphatic heterocycles. The third-order valence-corrected chi connectivity index (χ3v) is 4.26. The van der Waals surface area contributed by atoms with Gasteiger partial charge in [-0.15, -0.1) is 0 Å². The minimum atomic E-state index is -1.20. The van der Waals surface area contributed by atoms with Crippen molar-refractivity contribution in [2.45, 2.75) is 6.92 Å². The Labute approximate surface area is 159 Å². The Morgan fingerprint density at radius 3 is 2.59 bits per heavy atom.